The van der Waals surface area contributed by atoms with Crippen LogP contribution in [0.4, 0.5) is 10.5 Å². The molecule has 1 aromatic heterocycles. The van der Waals surface area contributed by atoms with Gasteiger partial charge in [-0.15, -0.1) is 0 Å². The number of ether oxygens (including phenoxy) is 1. The van der Waals surface area contributed by atoms with E-state index in [1.54, 1.807) is 25.3 Å². The second-order valence-corrected chi connectivity index (χ2v) is 4.93. The molecule has 6 heteroatoms. The van der Waals surface area contributed by atoms with Gasteiger partial charge in [-0.05, 0) is 48.9 Å². The molecule has 3 N–H and O–H groups in total. The average Bonchev–Trinajstić information content (AvgIpc) is 2.89. The zero-order valence-electron chi connectivity index (χ0n) is 12.2. The van der Waals surface area contributed by atoms with Crippen LogP contribution in [0.1, 0.15) is 5.56 Å². The highest BCUT2D eigenvalue weighted by atomic mass is 16.5. The molecule has 0 fully saturated rings. The van der Waals surface area contributed by atoms with Gasteiger partial charge in [-0.25, -0.2) is 9.78 Å². The molecule has 3 rings (SSSR count). The van der Waals surface area contributed by atoms with Gasteiger partial charge in [0.25, 0.3) is 0 Å². The maximum absolute atomic E-state index is 10.7. The number of nitrogens with zero attached hydrogens (tertiary/aromatic N) is 1. The van der Waals surface area contributed by atoms with Crippen LogP contribution in [0.3, 0.4) is 0 Å². The number of hydrogen-bond acceptors (Lipinski definition) is 3. The van der Waals surface area contributed by atoms with Gasteiger partial charge in [0.2, 0.25) is 0 Å². The van der Waals surface area contributed by atoms with Gasteiger partial charge >= 0.3 is 6.09 Å². The standard InChI is InChI=1S/C16H15N3O3/c1-9-7-11(22-2)4-5-12(9)15-18-13-6-3-10(17-16(20)21)8-14(13)19-15/h3-8,17H,1-2H3,(H,18,19)(H,20,21). The number of aryl methyl sites for hydroxylation is 1. The number of anilines is 1. The van der Waals surface area contributed by atoms with Crippen LogP contribution in [0.2, 0.25) is 0 Å². The minimum absolute atomic E-state index is 0.502. The second kappa shape index (κ2) is 5.40. The number of rotatable bonds is 3. The number of nitrogens with one attached hydrogen (secondary N) is 2. The first-order chi connectivity index (χ1) is 10.6. The van der Waals surface area contributed by atoms with Crippen molar-refractivity contribution >= 4 is 22.8 Å². The van der Waals surface area contributed by atoms with Crippen LogP contribution in [0.15, 0.2) is 36.4 Å². The summed E-state index contributed by atoms with van der Waals surface area (Å²) in [5.41, 5.74) is 4.08. The third kappa shape index (κ3) is 2.58. The number of H-pyrrole nitrogens is 1. The van der Waals surface area contributed by atoms with Gasteiger partial charge in [0.15, 0.2) is 0 Å². The molecule has 3 aromatic rings. The number of carbonyl (C=O) groups is 1. The van der Waals surface area contributed by atoms with Gasteiger partial charge in [-0.1, -0.05) is 0 Å². The predicted octanol–water partition coefficient (Wildman–Crippen LogP) is 3.64. The first-order valence-corrected chi connectivity index (χ1v) is 6.71. The van der Waals surface area contributed by atoms with E-state index in [2.05, 4.69) is 15.3 Å². The van der Waals surface area contributed by atoms with E-state index in [1.165, 1.54) is 0 Å². The third-order valence-electron chi connectivity index (χ3n) is 3.42. The fourth-order valence-electron chi connectivity index (χ4n) is 2.37. The Morgan fingerprint density at radius 2 is 2.09 bits per heavy atom. The van der Waals surface area contributed by atoms with Gasteiger partial charge in [0.1, 0.15) is 11.6 Å². The summed E-state index contributed by atoms with van der Waals surface area (Å²) in [5, 5.41) is 11.1. The lowest BCUT2D eigenvalue weighted by atomic mass is 10.1. The van der Waals surface area contributed by atoms with Crippen LogP contribution in [-0.4, -0.2) is 28.3 Å². The highest BCUT2D eigenvalue weighted by molar-refractivity contribution is 5.88. The summed E-state index contributed by atoms with van der Waals surface area (Å²) in [6, 6.07) is 11.0. The van der Waals surface area contributed by atoms with E-state index < -0.39 is 6.09 Å². The molecule has 22 heavy (non-hydrogen) atoms. The van der Waals surface area contributed by atoms with Crippen molar-refractivity contribution in [2.24, 2.45) is 0 Å². The number of imidazole rings is 1. The first kappa shape index (κ1) is 13.9. The molecule has 1 amide bonds. The molecular weight excluding hydrogens is 282 g/mol. The molecule has 0 unspecified atom stereocenters. The number of amides is 1. The van der Waals surface area contributed by atoms with E-state index >= 15 is 0 Å². The van der Waals surface area contributed by atoms with Gasteiger partial charge in [0, 0.05) is 11.3 Å². The number of aromatic nitrogens is 2. The summed E-state index contributed by atoms with van der Waals surface area (Å²) in [5.74, 6) is 1.54. The third-order valence-corrected chi connectivity index (χ3v) is 3.42. The normalized spacial score (nSPS) is 10.6. The van der Waals surface area contributed by atoms with Crippen LogP contribution in [0, 0.1) is 6.92 Å². The SMILES string of the molecule is COc1ccc(-c2nc3ccc(NC(=O)O)cc3[nH]2)c(C)c1. The lowest BCUT2D eigenvalue weighted by molar-refractivity contribution is 0.210. The topological polar surface area (TPSA) is 87.2 Å². The fourth-order valence-corrected chi connectivity index (χ4v) is 2.37. The Morgan fingerprint density at radius 1 is 1.27 bits per heavy atom. The highest BCUT2D eigenvalue weighted by Crippen LogP contribution is 2.27. The molecule has 0 aliphatic rings. The molecule has 0 spiro atoms. The van der Waals surface area contributed by atoms with Crippen LogP contribution >= 0.6 is 0 Å². The summed E-state index contributed by atoms with van der Waals surface area (Å²) in [6.07, 6.45) is -1.09. The molecular formula is C16H15N3O3. The summed E-state index contributed by atoms with van der Waals surface area (Å²) < 4.78 is 5.20. The predicted molar refractivity (Wildman–Crippen MR) is 84.5 cm³/mol. The van der Waals surface area contributed by atoms with E-state index in [0.717, 1.165) is 33.7 Å². The Kier molecular flexibility index (Phi) is 3.42. The molecule has 2 aromatic carbocycles. The lowest BCUT2D eigenvalue weighted by Crippen LogP contribution is -2.06. The van der Waals surface area contributed by atoms with Crippen LogP contribution < -0.4 is 10.1 Å². The Bertz CT molecular complexity index is 855. The van der Waals surface area contributed by atoms with E-state index in [9.17, 15) is 4.79 Å². The number of carboxylic acid groups (broad SMARTS) is 1. The van der Waals surface area contributed by atoms with Gasteiger partial charge < -0.3 is 14.8 Å². The second-order valence-electron chi connectivity index (χ2n) is 4.93. The van der Waals surface area contributed by atoms with E-state index in [-0.39, 0.29) is 0 Å². The van der Waals surface area contributed by atoms with Crippen molar-refractivity contribution in [3.05, 3.63) is 42.0 Å². The zero-order chi connectivity index (χ0) is 15.7. The quantitative estimate of drug-likeness (QED) is 0.688. The number of fused-ring (bicyclic) bond motifs is 1. The van der Waals surface area contributed by atoms with Crippen LogP contribution in [0.5, 0.6) is 5.75 Å². The highest BCUT2D eigenvalue weighted by Gasteiger charge is 2.09. The number of aromatic amines is 1. The largest absolute Gasteiger partial charge is 0.497 e. The number of hydrogen-bond donors (Lipinski definition) is 3. The Balaban J connectivity index is 2.03. The molecule has 0 saturated carbocycles. The molecule has 0 aliphatic heterocycles. The molecule has 0 aliphatic carbocycles. The van der Waals surface area contributed by atoms with Crippen molar-refractivity contribution in [3.63, 3.8) is 0 Å². The van der Waals surface area contributed by atoms with E-state index in [0.29, 0.717) is 5.69 Å². The number of benzene rings is 2. The average molecular weight is 297 g/mol. The van der Waals surface area contributed by atoms with Crippen molar-refractivity contribution in [2.45, 2.75) is 6.92 Å². The minimum atomic E-state index is -1.09. The molecule has 0 radical (unpaired) electrons. The Morgan fingerprint density at radius 3 is 2.77 bits per heavy atom. The number of methoxy groups -OCH3 is 1. The minimum Gasteiger partial charge on any atom is -0.497 e. The van der Waals surface area contributed by atoms with Crippen LogP contribution in [0.25, 0.3) is 22.4 Å². The van der Waals surface area contributed by atoms with Crippen molar-refractivity contribution in [1.82, 2.24) is 9.97 Å². The van der Waals surface area contributed by atoms with Crippen molar-refractivity contribution < 1.29 is 14.6 Å². The molecule has 0 saturated heterocycles. The molecule has 0 atom stereocenters. The van der Waals surface area contributed by atoms with Crippen molar-refractivity contribution in [3.8, 4) is 17.1 Å². The maximum Gasteiger partial charge on any atom is 0.409 e. The Labute approximate surface area is 126 Å². The van der Waals surface area contributed by atoms with Gasteiger partial charge in [-0.2, -0.15) is 0 Å². The molecule has 6 nitrogen and oxygen atoms in total. The Hall–Kier alpha value is -3.02. The molecule has 112 valence electrons. The monoisotopic (exact) mass is 297 g/mol. The summed E-state index contributed by atoms with van der Waals surface area (Å²) in [4.78, 5) is 18.5. The van der Waals surface area contributed by atoms with Gasteiger partial charge in [0.05, 0.1) is 18.1 Å². The molecule has 0 bridgehead atoms. The lowest BCUT2D eigenvalue weighted by Gasteiger charge is -2.05. The van der Waals surface area contributed by atoms with E-state index in [1.807, 2.05) is 25.1 Å². The maximum atomic E-state index is 10.7. The van der Waals surface area contributed by atoms with Gasteiger partial charge in [-0.3, -0.25) is 5.32 Å². The summed E-state index contributed by atoms with van der Waals surface area (Å²) >= 11 is 0. The van der Waals surface area contributed by atoms with Crippen molar-refractivity contribution in [1.29, 1.82) is 0 Å². The first-order valence-electron chi connectivity index (χ1n) is 6.71. The smallest absolute Gasteiger partial charge is 0.409 e. The summed E-state index contributed by atoms with van der Waals surface area (Å²) in [7, 11) is 1.63. The van der Waals surface area contributed by atoms with E-state index in [4.69, 9.17) is 9.84 Å². The zero-order valence-corrected chi connectivity index (χ0v) is 12.2. The molecule has 1 heterocycles. The summed E-state index contributed by atoms with van der Waals surface area (Å²) in [6.45, 7) is 1.99. The fraction of sp³-hybridized carbons (Fsp3) is 0.125. The van der Waals surface area contributed by atoms with Crippen molar-refractivity contribution in [2.75, 3.05) is 12.4 Å². The van der Waals surface area contributed by atoms with Crippen LogP contribution in [-0.2, 0) is 0 Å².